The van der Waals surface area contributed by atoms with Crippen molar-refractivity contribution in [1.29, 1.82) is 0 Å². The smallest absolute Gasteiger partial charge is 0.270 e. The number of piperazine rings is 1. The van der Waals surface area contributed by atoms with Crippen LogP contribution in [0, 0.1) is 47.1 Å². The zero-order valence-electron chi connectivity index (χ0n) is 54.6. The minimum Gasteiger partial charge on any atom is -0.344 e. The van der Waals surface area contributed by atoms with E-state index in [4.69, 9.17) is 5.10 Å². The normalized spacial score (nSPS) is 23.3. The predicted molar refractivity (Wildman–Crippen MR) is 341 cm³/mol. The highest BCUT2D eigenvalue weighted by Crippen LogP contribution is 2.59. The van der Waals surface area contributed by atoms with Crippen LogP contribution in [-0.2, 0) is 41.9 Å². The van der Waals surface area contributed by atoms with E-state index >= 15 is 18.4 Å². The number of carbonyl (C=O) groups excluding carboxylic acids is 8. The van der Waals surface area contributed by atoms with Gasteiger partial charge in [0.1, 0.15) is 47.2 Å². The number of likely N-dealkylation sites (tertiary alicyclic amines) is 1. The van der Waals surface area contributed by atoms with Crippen LogP contribution in [0.3, 0.4) is 0 Å². The average molecular weight is 1270 g/mol. The molecule has 4 aromatic rings. The second-order valence-electron chi connectivity index (χ2n) is 27.3. The summed E-state index contributed by atoms with van der Waals surface area (Å²) in [5.41, 5.74) is 1.80. The molecule has 6 heterocycles. The highest BCUT2D eigenvalue weighted by molar-refractivity contribution is 6.03. The fourth-order valence-corrected chi connectivity index (χ4v) is 15.0. The Balaban J connectivity index is 0.822. The van der Waals surface area contributed by atoms with E-state index in [2.05, 4.69) is 46.8 Å². The first-order valence-electron chi connectivity index (χ1n) is 33.6. The van der Waals surface area contributed by atoms with Crippen LogP contribution < -0.4 is 31.9 Å². The third-order valence-electron chi connectivity index (χ3n) is 21.2. The number of nitrogens with zero attached hydrogens (tertiary/aromatic N) is 8. The number of piperidine rings is 1. The number of likely N-dealkylation sites (N-methyl/N-ethyl adjacent to an activating group) is 2. The highest BCUT2D eigenvalue weighted by Gasteiger charge is 2.56. The summed E-state index contributed by atoms with van der Waals surface area (Å²) in [5.74, 6) is -7.00. The van der Waals surface area contributed by atoms with Gasteiger partial charge >= 0.3 is 0 Å². The molecule has 12 rings (SSSR count). The Bertz CT molecular complexity index is 3430. The lowest BCUT2D eigenvalue weighted by Crippen LogP contribution is -2.69. The molecule has 12 atom stereocenters. The zero-order valence-corrected chi connectivity index (χ0v) is 54.6. The van der Waals surface area contributed by atoms with Crippen molar-refractivity contribution in [3.63, 3.8) is 0 Å². The van der Waals surface area contributed by atoms with Gasteiger partial charge in [-0.05, 0) is 176 Å². The van der Waals surface area contributed by atoms with E-state index in [-0.39, 0.29) is 113 Å². The molecule has 4 aliphatic heterocycles. The van der Waals surface area contributed by atoms with Gasteiger partial charge in [-0.25, -0.2) is 8.78 Å². The van der Waals surface area contributed by atoms with E-state index < -0.39 is 77.2 Å². The van der Waals surface area contributed by atoms with Crippen molar-refractivity contribution in [1.82, 2.24) is 60.4 Å². The van der Waals surface area contributed by atoms with E-state index in [9.17, 15) is 28.8 Å². The number of aryl methyl sites for hydroxylation is 2. The van der Waals surface area contributed by atoms with Gasteiger partial charge in [0.05, 0.1) is 17.6 Å². The van der Waals surface area contributed by atoms with Gasteiger partial charge in [-0.2, -0.15) is 10.2 Å². The lowest BCUT2D eigenvalue weighted by Gasteiger charge is -2.55. The van der Waals surface area contributed by atoms with E-state index in [1.807, 2.05) is 35.0 Å². The minimum atomic E-state index is -1.18. The van der Waals surface area contributed by atoms with E-state index in [0.29, 0.717) is 62.4 Å². The average Bonchev–Trinajstić information content (AvgIpc) is 1.54. The topological polar surface area (TPSA) is 257 Å². The van der Waals surface area contributed by atoms with Crippen LogP contribution >= 0.6 is 0 Å². The zero-order chi connectivity index (χ0) is 65.6. The molecule has 0 spiro atoms. The number of benzene rings is 2. The van der Waals surface area contributed by atoms with Gasteiger partial charge in [0.15, 0.2) is 0 Å². The largest absolute Gasteiger partial charge is 0.344 e. The maximum Gasteiger partial charge on any atom is 0.270 e. The van der Waals surface area contributed by atoms with Crippen LogP contribution in [0.4, 0.5) is 20.2 Å². The number of rotatable bonds is 28. The molecule has 6 N–H and O–H groups in total. The Kier molecular flexibility index (Phi) is 19.7. The maximum absolute atomic E-state index is 16.6. The standard InChI is InChI=1S/C68H92F2N14O8/c1-10-54(85)75-58(67(91)81-27-25-43(33-81)79(7)8)36(5)41-20-22-51(49(69)28-41)73-64(88)60(56(38-14-15-38)39-16-17-39)78-66(90)62-48(32-72-84(62)13-4)46-31-47(46)57(40-18-19-40)61(77-63(87)53-24-26-71-83(53)12-3)65(89)74-52-23-21-42(29-50(52)70)37(6)59(76-55(86)11-2)68(92)82-34-44-30-45(35-82)80(44)9/h20-24,26,28-29,32,36-40,43-47,56-61H,10-19,25,27,30-31,33-35H2,1-9H3,(H,73,88)(H,74,89)(H,75,85)(H,76,86)(H,77,87)(H,78,90)/t36-,37-,43-,44-,45+,46?,47?,57?,58+,59+,60-,61-/m0/s1. The number of fused-ring (bicyclic) bond motifs is 2. The number of hydrogen-bond acceptors (Lipinski definition) is 12. The van der Waals surface area contributed by atoms with E-state index in [1.54, 1.807) is 66.6 Å². The molecule has 496 valence electrons. The van der Waals surface area contributed by atoms with Crippen LogP contribution in [0.2, 0.25) is 0 Å². The lowest BCUT2D eigenvalue weighted by atomic mass is 9.86. The number of aromatic nitrogens is 4. The molecular formula is C68H92F2N14O8. The summed E-state index contributed by atoms with van der Waals surface area (Å²) < 4.78 is 36.3. The number of carbonyl (C=O) groups is 8. The molecular weight excluding hydrogens is 1180 g/mol. The van der Waals surface area contributed by atoms with Crippen molar-refractivity contribution in [2.24, 2.45) is 35.5 Å². The van der Waals surface area contributed by atoms with Crippen molar-refractivity contribution < 1.29 is 47.1 Å². The molecule has 8 fully saturated rings. The molecule has 2 aromatic carbocycles. The van der Waals surface area contributed by atoms with Gasteiger partial charge in [-0.15, -0.1) is 0 Å². The van der Waals surface area contributed by atoms with Gasteiger partial charge in [0.2, 0.25) is 35.4 Å². The number of hydrogen-bond donors (Lipinski definition) is 6. The molecule has 4 saturated carbocycles. The van der Waals surface area contributed by atoms with Gasteiger partial charge in [0.25, 0.3) is 11.8 Å². The molecule has 92 heavy (non-hydrogen) atoms. The van der Waals surface area contributed by atoms with Crippen LogP contribution in [0.15, 0.2) is 54.9 Å². The van der Waals surface area contributed by atoms with Crippen LogP contribution in [0.1, 0.15) is 168 Å². The molecule has 2 aromatic heterocycles. The number of halogens is 2. The Hall–Kier alpha value is -7.60. The molecule has 22 nitrogen and oxygen atoms in total. The summed E-state index contributed by atoms with van der Waals surface area (Å²) in [6.07, 6.45) is 10.9. The first kappa shape index (κ1) is 65.9. The van der Waals surface area contributed by atoms with E-state index in [0.717, 1.165) is 51.4 Å². The third-order valence-corrected chi connectivity index (χ3v) is 21.2. The Morgan fingerprint density at radius 3 is 1.59 bits per heavy atom. The fourth-order valence-electron chi connectivity index (χ4n) is 15.0. The molecule has 8 amide bonds. The van der Waals surface area contributed by atoms with Crippen LogP contribution in [-0.4, -0.2) is 176 Å². The van der Waals surface area contributed by atoms with Crippen LogP contribution in [0.5, 0.6) is 0 Å². The van der Waals surface area contributed by atoms with Gasteiger partial charge in [0, 0.05) is 93.8 Å². The quantitative estimate of drug-likeness (QED) is 0.0371. The van der Waals surface area contributed by atoms with Crippen molar-refractivity contribution in [3.05, 3.63) is 94.6 Å². The first-order valence-corrected chi connectivity index (χ1v) is 33.6. The number of anilines is 2. The number of nitrogens with one attached hydrogen (secondary N) is 6. The molecule has 0 radical (unpaired) electrons. The Morgan fingerprint density at radius 1 is 0.598 bits per heavy atom. The molecule has 2 bridgehead atoms. The monoisotopic (exact) mass is 1270 g/mol. The summed E-state index contributed by atoms with van der Waals surface area (Å²) in [4.78, 5) is 121. The second kappa shape index (κ2) is 27.5. The lowest BCUT2D eigenvalue weighted by molar-refractivity contribution is -0.146. The summed E-state index contributed by atoms with van der Waals surface area (Å²) in [6.45, 7) is 13.5. The predicted octanol–water partition coefficient (Wildman–Crippen LogP) is 6.21. The SMILES string of the molecule is CCC(=O)N[C@@H](C(=O)N1CC[C@H](N(C)C)C1)[C@@H](C)c1ccc(NC(=O)[C@@H](NC(=O)c2c(C3CC3C(C3CC3)[C@H](NC(=O)c3ccnn3CC)C(=O)Nc3ccc([C@H](C)[C@@H](NC(=O)CC)C(=O)N4C[C@H]5C[C@@H](C4)N5C)cc3F)cnn2CC)C(C2CC2)C2CC2)c(F)c1. The Labute approximate surface area is 537 Å². The van der Waals surface area contributed by atoms with Crippen molar-refractivity contribution in [3.8, 4) is 0 Å². The van der Waals surface area contributed by atoms with Gasteiger partial charge in [-0.1, -0.05) is 39.8 Å². The summed E-state index contributed by atoms with van der Waals surface area (Å²) >= 11 is 0. The van der Waals surface area contributed by atoms with Gasteiger partial charge in [-0.3, -0.25) is 52.6 Å². The molecule has 8 aliphatic rings. The minimum absolute atomic E-state index is 0.0109. The molecule has 4 saturated heterocycles. The molecule has 3 unspecified atom stereocenters. The third kappa shape index (κ3) is 14.0. The summed E-state index contributed by atoms with van der Waals surface area (Å²) in [5, 5.41) is 26.6. The Morgan fingerprint density at radius 2 is 1.11 bits per heavy atom. The summed E-state index contributed by atoms with van der Waals surface area (Å²) in [7, 11) is 5.98. The fraction of sp³-hybridized carbons (Fsp3) is 0.618. The maximum atomic E-state index is 16.6. The molecule has 24 heteroatoms. The van der Waals surface area contributed by atoms with Gasteiger partial charge < -0.3 is 46.6 Å². The highest BCUT2D eigenvalue weighted by atomic mass is 19.1. The second-order valence-corrected chi connectivity index (χ2v) is 27.3. The molecule has 4 aliphatic carbocycles. The summed E-state index contributed by atoms with van der Waals surface area (Å²) in [6, 6.07) is 6.87. The van der Waals surface area contributed by atoms with Crippen LogP contribution in [0.25, 0.3) is 0 Å². The first-order chi connectivity index (χ1) is 44.1. The van der Waals surface area contributed by atoms with Crippen molar-refractivity contribution >= 4 is 58.6 Å². The van der Waals surface area contributed by atoms with Crippen molar-refractivity contribution in [2.75, 3.05) is 58.0 Å². The number of amides is 8. The van der Waals surface area contributed by atoms with Crippen molar-refractivity contribution in [2.45, 2.75) is 185 Å². The van der Waals surface area contributed by atoms with E-state index in [1.165, 1.54) is 35.1 Å².